The summed E-state index contributed by atoms with van der Waals surface area (Å²) in [4.78, 5) is 31.2. The van der Waals surface area contributed by atoms with Crippen LogP contribution in [0.3, 0.4) is 0 Å². The molecule has 8 nitrogen and oxygen atoms in total. The van der Waals surface area contributed by atoms with Crippen LogP contribution >= 0.6 is 0 Å². The third-order valence-corrected chi connectivity index (χ3v) is 13.1. The number of para-hydroxylation sites is 4. The van der Waals surface area contributed by atoms with Crippen molar-refractivity contribution < 1.29 is 8.83 Å². The molecule has 0 radical (unpaired) electrons. The highest BCUT2D eigenvalue weighted by atomic mass is 16.3. The van der Waals surface area contributed by atoms with Crippen molar-refractivity contribution in [3.63, 3.8) is 0 Å². The first-order valence-corrected chi connectivity index (χ1v) is 23.2. The van der Waals surface area contributed by atoms with E-state index >= 15 is 0 Å². The third-order valence-electron chi connectivity index (χ3n) is 13.1. The van der Waals surface area contributed by atoms with Crippen molar-refractivity contribution in [3.05, 3.63) is 218 Å². The van der Waals surface area contributed by atoms with Gasteiger partial charge in [-0.05, 0) is 75.1 Å². The Morgan fingerprint density at radius 3 is 1.13 bits per heavy atom. The monoisotopic (exact) mass is 896 g/mol. The molecule has 4 aromatic heterocycles. The molecule has 0 saturated heterocycles. The van der Waals surface area contributed by atoms with Crippen molar-refractivity contribution in [2.75, 3.05) is 0 Å². The van der Waals surface area contributed by atoms with Crippen molar-refractivity contribution >= 4 is 65.4 Å². The van der Waals surface area contributed by atoms with Gasteiger partial charge in [0.15, 0.2) is 23.3 Å². The summed E-state index contributed by atoms with van der Waals surface area (Å²) in [5, 5.41) is 8.59. The summed E-state index contributed by atoms with van der Waals surface area (Å²) in [6, 6.07) is 74.5. The van der Waals surface area contributed by atoms with E-state index in [1.54, 1.807) is 0 Å². The van der Waals surface area contributed by atoms with E-state index in [1.165, 1.54) is 0 Å². The summed E-state index contributed by atoms with van der Waals surface area (Å²) in [5.74, 6) is 2.55. The van der Waals surface area contributed by atoms with Crippen LogP contribution in [0.5, 0.6) is 0 Å². The Labute approximate surface area is 400 Å². The Bertz CT molecular complexity index is 4160. The lowest BCUT2D eigenvalue weighted by atomic mass is 9.94. The molecule has 14 aromatic rings. The van der Waals surface area contributed by atoms with E-state index in [-0.39, 0.29) is 0 Å². The van der Waals surface area contributed by atoms with E-state index in [2.05, 4.69) is 127 Å². The molecule has 0 atom stereocenters. The smallest absolute Gasteiger partial charge is 0.202 e. The van der Waals surface area contributed by atoms with Crippen molar-refractivity contribution in [2.45, 2.75) is 0 Å². The fourth-order valence-electron chi connectivity index (χ4n) is 9.73. The van der Waals surface area contributed by atoms with E-state index in [4.69, 9.17) is 38.7 Å². The van der Waals surface area contributed by atoms with Crippen LogP contribution < -0.4 is 0 Å². The maximum atomic E-state index is 6.65. The first-order chi connectivity index (χ1) is 34.6. The molecule has 0 fully saturated rings. The molecule has 70 heavy (non-hydrogen) atoms. The van der Waals surface area contributed by atoms with Crippen LogP contribution in [0.2, 0.25) is 0 Å². The number of fused-ring (bicyclic) bond motifs is 8. The van der Waals surface area contributed by atoms with Gasteiger partial charge in [0, 0.05) is 54.9 Å². The van der Waals surface area contributed by atoms with E-state index in [0.29, 0.717) is 34.9 Å². The molecule has 0 N–H and O–H groups in total. The molecule has 0 spiro atoms. The fraction of sp³-hybridized carbons (Fsp3) is 0. The molecule has 14 rings (SSSR count). The molecule has 10 aromatic carbocycles. The van der Waals surface area contributed by atoms with Crippen LogP contribution in [0.1, 0.15) is 0 Å². The minimum atomic E-state index is 0.307. The number of furan rings is 2. The van der Waals surface area contributed by atoms with Gasteiger partial charge in [0.1, 0.15) is 22.3 Å². The molecule has 0 aliphatic rings. The number of hydrogen-bond acceptors (Lipinski definition) is 8. The van der Waals surface area contributed by atoms with Gasteiger partial charge in [-0.3, -0.25) is 0 Å². The summed E-state index contributed by atoms with van der Waals surface area (Å²) in [5.41, 5.74) is 10.2. The van der Waals surface area contributed by atoms with Crippen LogP contribution in [-0.4, -0.2) is 29.9 Å². The first kappa shape index (κ1) is 39.5. The Hall–Kier alpha value is -9.66. The lowest BCUT2D eigenvalue weighted by Crippen LogP contribution is -2.06. The van der Waals surface area contributed by atoms with Crippen molar-refractivity contribution in [1.29, 1.82) is 0 Å². The van der Waals surface area contributed by atoms with Gasteiger partial charge in [-0.1, -0.05) is 176 Å². The van der Waals surface area contributed by atoms with Crippen LogP contribution in [0.25, 0.3) is 145 Å². The number of hydrogen-bond donors (Lipinski definition) is 0. The molecule has 8 heteroatoms. The van der Waals surface area contributed by atoms with E-state index in [1.807, 2.05) is 91.0 Å². The molecule has 0 aliphatic carbocycles. The van der Waals surface area contributed by atoms with Gasteiger partial charge in [-0.15, -0.1) is 0 Å². The largest absolute Gasteiger partial charge is 0.455 e. The summed E-state index contributed by atoms with van der Waals surface area (Å²) in [7, 11) is 0. The summed E-state index contributed by atoms with van der Waals surface area (Å²) < 4.78 is 13.3. The first-order valence-electron chi connectivity index (χ1n) is 23.2. The highest BCUT2D eigenvalue weighted by Gasteiger charge is 2.22. The third kappa shape index (κ3) is 6.77. The zero-order valence-electron chi connectivity index (χ0n) is 37.3. The van der Waals surface area contributed by atoms with Gasteiger partial charge >= 0.3 is 0 Å². The van der Waals surface area contributed by atoms with Gasteiger partial charge in [0.25, 0.3) is 0 Å². The van der Waals surface area contributed by atoms with Crippen LogP contribution in [-0.2, 0) is 0 Å². The van der Waals surface area contributed by atoms with E-state index in [9.17, 15) is 0 Å². The fourth-order valence-corrected chi connectivity index (χ4v) is 9.73. The predicted molar refractivity (Wildman–Crippen MR) is 281 cm³/mol. The zero-order valence-corrected chi connectivity index (χ0v) is 37.3. The molecule has 0 amide bonds. The highest BCUT2D eigenvalue weighted by molar-refractivity contribution is 6.12. The van der Waals surface area contributed by atoms with Gasteiger partial charge < -0.3 is 8.83 Å². The summed E-state index contributed by atoms with van der Waals surface area (Å²) in [6.45, 7) is 0. The maximum Gasteiger partial charge on any atom is 0.202 e. The quantitative estimate of drug-likeness (QED) is 0.156. The van der Waals surface area contributed by atoms with Crippen molar-refractivity contribution in [3.8, 4) is 79.5 Å². The van der Waals surface area contributed by atoms with Crippen LogP contribution in [0, 0.1) is 0 Å². The summed E-state index contributed by atoms with van der Waals surface area (Å²) in [6.07, 6.45) is 0. The Kier molecular flexibility index (Phi) is 9.03. The Morgan fingerprint density at radius 1 is 0.229 bits per heavy atom. The van der Waals surface area contributed by atoms with Gasteiger partial charge in [-0.2, -0.15) is 0 Å². The topological polar surface area (TPSA) is 104 Å². The second-order valence-corrected chi connectivity index (χ2v) is 17.5. The van der Waals surface area contributed by atoms with Crippen molar-refractivity contribution in [1.82, 2.24) is 29.9 Å². The Balaban J connectivity index is 1.02. The minimum absolute atomic E-state index is 0.307. The maximum absolute atomic E-state index is 6.65. The second kappa shape index (κ2) is 16.0. The standard InChI is InChI=1S/C62H36N6O2/c1-2-16-39(17-3-1)57-63-60(68-61(65-57)62-66-58(42-30-28-37-14-4-6-18-40(37)32-42)64-59(67-62)43-31-29-38-15-5-7-19-41(38)33-43)46-35-44(47-22-12-24-51-49-20-8-10-26-53(49)69-55(47)51)34-45(36-46)48-23-13-25-52-50-21-9-11-27-54(50)70-56(48)52/h1-36H. The number of benzene rings is 10. The van der Waals surface area contributed by atoms with Gasteiger partial charge in [0.2, 0.25) is 11.6 Å². The van der Waals surface area contributed by atoms with Gasteiger partial charge in [-0.25, -0.2) is 29.9 Å². The number of nitrogens with zero attached hydrogens (tertiary/aromatic N) is 6. The molecule has 0 saturated carbocycles. The molecule has 326 valence electrons. The lowest BCUT2D eigenvalue weighted by Gasteiger charge is -2.13. The zero-order chi connectivity index (χ0) is 46.1. The van der Waals surface area contributed by atoms with Crippen LogP contribution in [0.4, 0.5) is 0 Å². The molecule has 4 heterocycles. The van der Waals surface area contributed by atoms with E-state index in [0.717, 1.165) is 110 Å². The SMILES string of the molecule is c1ccc(-c2nc(-c3cc(-c4cccc5c4oc4ccccc45)cc(-c4cccc5c4oc4ccccc45)c3)nc(-c3nc(-c4ccc5ccccc5c4)nc(-c4ccc5ccccc5c4)n3)n2)cc1. The molecule has 0 unspecified atom stereocenters. The minimum Gasteiger partial charge on any atom is -0.455 e. The number of aromatic nitrogens is 6. The number of rotatable bonds is 7. The summed E-state index contributed by atoms with van der Waals surface area (Å²) >= 11 is 0. The lowest BCUT2D eigenvalue weighted by molar-refractivity contribution is 0.670. The average molecular weight is 897 g/mol. The predicted octanol–water partition coefficient (Wildman–Crippen LogP) is 15.8. The van der Waals surface area contributed by atoms with Crippen LogP contribution in [0.15, 0.2) is 227 Å². The molecular formula is C62H36N6O2. The Morgan fingerprint density at radius 2 is 0.614 bits per heavy atom. The van der Waals surface area contributed by atoms with E-state index < -0.39 is 0 Å². The van der Waals surface area contributed by atoms with Crippen molar-refractivity contribution in [2.24, 2.45) is 0 Å². The average Bonchev–Trinajstić information content (AvgIpc) is 4.02. The molecular weight excluding hydrogens is 861 g/mol. The second-order valence-electron chi connectivity index (χ2n) is 17.5. The highest BCUT2D eigenvalue weighted by Crippen LogP contribution is 2.42. The van der Waals surface area contributed by atoms with Gasteiger partial charge in [0.05, 0.1) is 0 Å². The normalized spacial score (nSPS) is 11.7. The molecule has 0 bridgehead atoms. The molecule has 0 aliphatic heterocycles.